The predicted octanol–water partition coefficient (Wildman–Crippen LogP) is 1.64. The lowest BCUT2D eigenvalue weighted by molar-refractivity contribution is 0.588. The summed E-state index contributed by atoms with van der Waals surface area (Å²) in [4.78, 5) is 2.34. The molecule has 0 amide bonds. The number of nitrogens with zero attached hydrogens (tertiary/aromatic N) is 1. The molecule has 0 aromatic heterocycles. The molecule has 0 radical (unpaired) electrons. The summed E-state index contributed by atoms with van der Waals surface area (Å²) in [5.41, 5.74) is 8.81. The van der Waals surface area contributed by atoms with E-state index in [4.69, 9.17) is 17.3 Å². The van der Waals surface area contributed by atoms with Gasteiger partial charge in [0.15, 0.2) is 0 Å². The van der Waals surface area contributed by atoms with Crippen LogP contribution in [0.15, 0.2) is 12.1 Å². The van der Waals surface area contributed by atoms with Crippen molar-refractivity contribution in [2.75, 3.05) is 36.8 Å². The topological polar surface area (TPSA) is 41.3 Å². The molecule has 0 spiro atoms. The number of rotatable bonds is 1. The van der Waals surface area contributed by atoms with Crippen LogP contribution >= 0.6 is 11.6 Å². The molecule has 2 rings (SSSR count). The van der Waals surface area contributed by atoms with Crippen LogP contribution in [0.1, 0.15) is 5.56 Å². The first-order chi connectivity index (χ1) is 7.18. The van der Waals surface area contributed by atoms with E-state index < -0.39 is 0 Å². The molecule has 82 valence electrons. The molecule has 1 heterocycles. The van der Waals surface area contributed by atoms with E-state index in [1.807, 2.05) is 12.1 Å². The van der Waals surface area contributed by atoms with Crippen molar-refractivity contribution in [3.63, 3.8) is 0 Å². The normalized spacial score (nSPS) is 16.8. The lowest BCUT2D eigenvalue weighted by Gasteiger charge is -2.31. The van der Waals surface area contributed by atoms with Crippen LogP contribution in [0, 0.1) is 6.92 Å². The summed E-state index contributed by atoms with van der Waals surface area (Å²) in [5, 5.41) is 3.98. The summed E-state index contributed by atoms with van der Waals surface area (Å²) in [6, 6.07) is 3.91. The lowest BCUT2D eigenvalue weighted by atomic mass is 10.1. The van der Waals surface area contributed by atoms with Gasteiger partial charge in [0.25, 0.3) is 0 Å². The Hall–Kier alpha value is -0.930. The number of halogens is 1. The number of piperazine rings is 1. The highest BCUT2D eigenvalue weighted by Crippen LogP contribution is 2.29. The van der Waals surface area contributed by atoms with Gasteiger partial charge in [-0.05, 0) is 24.6 Å². The Morgan fingerprint density at radius 3 is 2.67 bits per heavy atom. The van der Waals surface area contributed by atoms with Crippen LogP contribution in [-0.2, 0) is 0 Å². The van der Waals surface area contributed by atoms with Crippen molar-refractivity contribution in [1.29, 1.82) is 0 Å². The van der Waals surface area contributed by atoms with E-state index in [1.54, 1.807) is 0 Å². The number of hydrogen-bond donors (Lipinski definition) is 2. The average Bonchev–Trinajstić information content (AvgIpc) is 2.25. The highest BCUT2D eigenvalue weighted by molar-refractivity contribution is 6.33. The van der Waals surface area contributed by atoms with Crippen molar-refractivity contribution in [3.05, 3.63) is 22.7 Å². The number of nitrogen functional groups attached to an aromatic ring is 1. The van der Waals surface area contributed by atoms with Crippen molar-refractivity contribution in [2.45, 2.75) is 6.92 Å². The van der Waals surface area contributed by atoms with Gasteiger partial charge in [-0.2, -0.15) is 0 Å². The summed E-state index contributed by atoms with van der Waals surface area (Å²) in [7, 11) is 0. The maximum atomic E-state index is 6.04. The molecule has 15 heavy (non-hydrogen) atoms. The van der Waals surface area contributed by atoms with Crippen LogP contribution in [-0.4, -0.2) is 26.2 Å². The van der Waals surface area contributed by atoms with Gasteiger partial charge in [-0.25, -0.2) is 0 Å². The van der Waals surface area contributed by atoms with E-state index in [9.17, 15) is 0 Å². The molecular weight excluding hydrogens is 210 g/mol. The van der Waals surface area contributed by atoms with Gasteiger partial charge in [0.1, 0.15) is 0 Å². The van der Waals surface area contributed by atoms with Crippen molar-refractivity contribution < 1.29 is 0 Å². The number of hydrogen-bond acceptors (Lipinski definition) is 3. The Kier molecular flexibility index (Phi) is 3.03. The summed E-state index contributed by atoms with van der Waals surface area (Å²) < 4.78 is 0. The molecule has 3 N–H and O–H groups in total. The summed E-state index contributed by atoms with van der Waals surface area (Å²) in [6.45, 7) is 6.19. The molecule has 1 aromatic rings. The van der Waals surface area contributed by atoms with Crippen molar-refractivity contribution in [1.82, 2.24) is 5.32 Å². The molecule has 3 nitrogen and oxygen atoms in total. The monoisotopic (exact) mass is 225 g/mol. The zero-order valence-electron chi connectivity index (χ0n) is 8.89. The molecule has 1 fully saturated rings. The van der Waals surface area contributed by atoms with Crippen molar-refractivity contribution >= 4 is 23.0 Å². The maximum absolute atomic E-state index is 6.04. The number of benzene rings is 1. The van der Waals surface area contributed by atoms with E-state index >= 15 is 0 Å². The third-order valence-electron chi connectivity index (χ3n) is 2.77. The molecule has 0 unspecified atom stereocenters. The van der Waals surface area contributed by atoms with Gasteiger partial charge in [0, 0.05) is 31.9 Å². The Balaban J connectivity index is 2.30. The third kappa shape index (κ3) is 2.19. The largest absolute Gasteiger partial charge is 0.398 e. The molecule has 4 heteroatoms. The minimum Gasteiger partial charge on any atom is -0.398 e. The van der Waals surface area contributed by atoms with Gasteiger partial charge in [0.05, 0.1) is 10.7 Å². The van der Waals surface area contributed by atoms with E-state index in [1.165, 1.54) is 11.3 Å². The average molecular weight is 226 g/mol. The fourth-order valence-electron chi connectivity index (χ4n) is 1.94. The van der Waals surface area contributed by atoms with Crippen LogP contribution in [0.2, 0.25) is 5.02 Å². The smallest absolute Gasteiger partial charge is 0.0656 e. The maximum Gasteiger partial charge on any atom is 0.0656 e. The molecule has 0 atom stereocenters. The van der Waals surface area contributed by atoms with Crippen LogP contribution in [0.5, 0.6) is 0 Å². The van der Waals surface area contributed by atoms with Gasteiger partial charge in [-0.15, -0.1) is 0 Å². The Bertz CT molecular complexity index is 359. The van der Waals surface area contributed by atoms with Crippen LogP contribution in [0.25, 0.3) is 0 Å². The second kappa shape index (κ2) is 4.29. The van der Waals surface area contributed by atoms with Crippen molar-refractivity contribution in [3.8, 4) is 0 Å². The van der Waals surface area contributed by atoms with Crippen LogP contribution < -0.4 is 16.0 Å². The van der Waals surface area contributed by atoms with Gasteiger partial charge in [-0.1, -0.05) is 11.6 Å². The second-order valence-corrected chi connectivity index (χ2v) is 4.30. The quantitative estimate of drug-likeness (QED) is 0.714. The Morgan fingerprint density at radius 1 is 1.33 bits per heavy atom. The van der Waals surface area contributed by atoms with Gasteiger partial charge in [-0.3, -0.25) is 0 Å². The number of aryl methyl sites for hydroxylation is 1. The minimum atomic E-state index is 0.647. The first kappa shape index (κ1) is 10.6. The van der Waals surface area contributed by atoms with Gasteiger partial charge < -0.3 is 16.0 Å². The molecule has 0 aliphatic carbocycles. The molecule has 1 saturated heterocycles. The lowest BCUT2D eigenvalue weighted by Crippen LogP contribution is -2.43. The number of nitrogens with one attached hydrogen (secondary N) is 1. The van der Waals surface area contributed by atoms with Crippen LogP contribution in [0.4, 0.5) is 11.4 Å². The third-order valence-corrected chi connectivity index (χ3v) is 3.10. The molecule has 1 aliphatic rings. The first-order valence-corrected chi connectivity index (χ1v) is 5.57. The van der Waals surface area contributed by atoms with Gasteiger partial charge in [0.2, 0.25) is 0 Å². The highest BCUT2D eigenvalue weighted by atomic mass is 35.5. The Labute approximate surface area is 95.2 Å². The molecule has 0 saturated carbocycles. The molecule has 0 bridgehead atoms. The summed E-state index contributed by atoms with van der Waals surface area (Å²) >= 11 is 6.04. The summed E-state index contributed by atoms with van der Waals surface area (Å²) in [5.74, 6) is 0. The van der Waals surface area contributed by atoms with E-state index in [0.29, 0.717) is 10.7 Å². The van der Waals surface area contributed by atoms with Crippen LogP contribution in [0.3, 0.4) is 0 Å². The SMILES string of the molecule is Cc1cc(N)c(Cl)cc1N1CCNCC1. The number of anilines is 2. The predicted molar refractivity (Wildman–Crippen MR) is 65.7 cm³/mol. The van der Waals surface area contributed by atoms with E-state index in [2.05, 4.69) is 17.1 Å². The fourth-order valence-corrected chi connectivity index (χ4v) is 2.10. The minimum absolute atomic E-state index is 0.647. The standard InChI is InChI=1S/C11H16ClN3/c1-8-6-10(13)9(12)7-11(8)15-4-2-14-3-5-15/h6-7,14H,2-5,13H2,1H3. The fraction of sp³-hybridized carbons (Fsp3) is 0.455. The zero-order chi connectivity index (χ0) is 10.8. The summed E-state index contributed by atoms with van der Waals surface area (Å²) in [6.07, 6.45) is 0. The van der Waals surface area contributed by atoms with Crippen molar-refractivity contribution in [2.24, 2.45) is 0 Å². The highest BCUT2D eigenvalue weighted by Gasteiger charge is 2.13. The molecular formula is C11H16ClN3. The Morgan fingerprint density at radius 2 is 2.00 bits per heavy atom. The molecule has 1 aromatic carbocycles. The number of nitrogens with two attached hydrogens (primary N) is 1. The second-order valence-electron chi connectivity index (χ2n) is 3.90. The molecule has 1 aliphatic heterocycles. The first-order valence-electron chi connectivity index (χ1n) is 5.20. The van der Waals surface area contributed by atoms with E-state index in [-0.39, 0.29) is 0 Å². The van der Waals surface area contributed by atoms with E-state index in [0.717, 1.165) is 26.2 Å². The van der Waals surface area contributed by atoms with Gasteiger partial charge >= 0.3 is 0 Å². The zero-order valence-corrected chi connectivity index (χ0v) is 9.64.